The highest BCUT2D eigenvalue weighted by Gasteiger charge is 2.38. The predicted molar refractivity (Wildman–Crippen MR) is 122 cm³/mol. The van der Waals surface area contributed by atoms with Gasteiger partial charge in [0.1, 0.15) is 24.2 Å². The van der Waals surface area contributed by atoms with Gasteiger partial charge in [-0.05, 0) is 71.4 Å². The molecule has 1 fully saturated rings. The summed E-state index contributed by atoms with van der Waals surface area (Å²) < 4.78 is 0. The molecule has 12 nitrogen and oxygen atoms in total. The number of likely N-dealkylation sites (tertiary alicyclic amines) is 1. The summed E-state index contributed by atoms with van der Waals surface area (Å²) in [6.45, 7) is 2.51. The lowest BCUT2D eigenvalue weighted by Gasteiger charge is -2.29. The molecule has 190 valence electrons. The Labute approximate surface area is 194 Å². The van der Waals surface area contributed by atoms with E-state index >= 15 is 0 Å². The van der Waals surface area contributed by atoms with Crippen molar-refractivity contribution in [3.63, 3.8) is 0 Å². The van der Waals surface area contributed by atoms with Crippen LogP contribution in [0.5, 0.6) is 0 Å². The fourth-order valence-corrected chi connectivity index (χ4v) is 3.76. The number of carboxylic acid groups (broad SMARTS) is 1. The van der Waals surface area contributed by atoms with Gasteiger partial charge in [0.2, 0.25) is 17.7 Å². The van der Waals surface area contributed by atoms with E-state index in [1.807, 2.05) is 0 Å². The molecule has 3 amide bonds. The van der Waals surface area contributed by atoms with Crippen LogP contribution >= 0.6 is 0 Å². The zero-order valence-corrected chi connectivity index (χ0v) is 19.4. The van der Waals surface area contributed by atoms with Crippen molar-refractivity contribution in [3.8, 4) is 0 Å². The number of amides is 3. The minimum atomic E-state index is -1.21. The van der Waals surface area contributed by atoms with Gasteiger partial charge in [-0.1, -0.05) is 0 Å². The molecule has 5 atom stereocenters. The van der Waals surface area contributed by atoms with Crippen LogP contribution in [0.25, 0.3) is 0 Å². The molecule has 1 aliphatic rings. The van der Waals surface area contributed by atoms with Crippen LogP contribution in [-0.2, 0) is 19.2 Å². The highest BCUT2D eigenvalue weighted by molar-refractivity contribution is 5.94. The second kappa shape index (κ2) is 14.8. The molecule has 10 N–H and O–H groups in total. The number of hydrogen-bond acceptors (Lipinski definition) is 8. The van der Waals surface area contributed by atoms with E-state index in [0.29, 0.717) is 64.6 Å². The van der Waals surface area contributed by atoms with Crippen LogP contribution in [0, 0.1) is 0 Å². The van der Waals surface area contributed by atoms with Gasteiger partial charge in [0.25, 0.3) is 0 Å². The van der Waals surface area contributed by atoms with Crippen LogP contribution in [-0.4, -0.2) is 88.7 Å². The number of aliphatic hydroxyl groups excluding tert-OH is 1. The topological polar surface area (TPSA) is 214 Å². The SMILES string of the molecule is CC(O)C(N)C(=O)NC(CCCCN)C(=O)NC(CCCCN)C(=O)N1CCCC1C(=O)O. The standard InChI is InChI=1S/C21H40N6O6/c1-13(28)17(24)19(30)25-14(7-2-4-10-22)18(29)26-15(8-3-5-11-23)20(31)27-12-6-9-16(27)21(32)33/h13-17,28H,2-12,22-24H2,1H3,(H,25,30)(H,26,29)(H,32,33). The summed E-state index contributed by atoms with van der Waals surface area (Å²) in [7, 11) is 0. The Hall–Kier alpha value is -2.28. The number of carbonyl (C=O) groups excluding carboxylic acids is 3. The first-order valence-corrected chi connectivity index (χ1v) is 11.6. The van der Waals surface area contributed by atoms with Crippen molar-refractivity contribution in [2.75, 3.05) is 19.6 Å². The normalized spacial score (nSPS) is 19.4. The summed E-state index contributed by atoms with van der Waals surface area (Å²) in [5.74, 6) is -2.80. The Bertz CT molecular complexity index is 661. The third-order valence-electron chi connectivity index (χ3n) is 5.78. The lowest BCUT2D eigenvalue weighted by molar-refractivity contribution is -0.149. The lowest BCUT2D eigenvalue weighted by atomic mass is 10.0. The molecule has 0 saturated carbocycles. The molecular weight excluding hydrogens is 432 g/mol. The average Bonchev–Trinajstić information content (AvgIpc) is 3.27. The zero-order valence-electron chi connectivity index (χ0n) is 19.4. The van der Waals surface area contributed by atoms with E-state index in [9.17, 15) is 29.4 Å². The van der Waals surface area contributed by atoms with Gasteiger partial charge in [-0.15, -0.1) is 0 Å². The van der Waals surface area contributed by atoms with E-state index in [0.717, 1.165) is 0 Å². The zero-order chi connectivity index (χ0) is 25.0. The van der Waals surface area contributed by atoms with Crippen molar-refractivity contribution in [3.05, 3.63) is 0 Å². The number of unbranched alkanes of at least 4 members (excludes halogenated alkanes) is 2. The summed E-state index contributed by atoms with van der Waals surface area (Å²) in [4.78, 5) is 51.4. The number of nitrogens with zero attached hydrogens (tertiary/aromatic N) is 1. The Morgan fingerprint density at radius 3 is 2.03 bits per heavy atom. The third-order valence-corrected chi connectivity index (χ3v) is 5.78. The van der Waals surface area contributed by atoms with Gasteiger partial charge in [0, 0.05) is 6.54 Å². The van der Waals surface area contributed by atoms with Gasteiger partial charge in [-0.25, -0.2) is 4.79 Å². The molecule has 0 bridgehead atoms. The van der Waals surface area contributed by atoms with Crippen molar-refractivity contribution < 1.29 is 29.4 Å². The van der Waals surface area contributed by atoms with Gasteiger partial charge < -0.3 is 42.9 Å². The number of aliphatic carboxylic acids is 1. The molecule has 1 heterocycles. The van der Waals surface area contributed by atoms with Crippen molar-refractivity contribution in [2.45, 2.75) is 88.6 Å². The van der Waals surface area contributed by atoms with Crippen LogP contribution in [0.2, 0.25) is 0 Å². The largest absolute Gasteiger partial charge is 0.480 e. The van der Waals surface area contributed by atoms with Crippen LogP contribution in [0.3, 0.4) is 0 Å². The number of aliphatic hydroxyl groups is 1. The second-order valence-electron chi connectivity index (χ2n) is 8.49. The molecule has 0 aromatic rings. The number of nitrogens with one attached hydrogen (secondary N) is 2. The monoisotopic (exact) mass is 472 g/mol. The van der Waals surface area contributed by atoms with E-state index < -0.39 is 54.0 Å². The molecule has 5 unspecified atom stereocenters. The molecule has 1 rings (SSSR count). The first-order chi connectivity index (χ1) is 15.6. The molecular formula is C21H40N6O6. The fraction of sp³-hybridized carbons (Fsp3) is 0.810. The highest BCUT2D eigenvalue weighted by Crippen LogP contribution is 2.20. The number of carbonyl (C=O) groups is 4. The second-order valence-corrected chi connectivity index (χ2v) is 8.49. The summed E-state index contributed by atoms with van der Waals surface area (Å²) in [6, 6.07) is -4.05. The maximum atomic E-state index is 13.2. The van der Waals surface area contributed by atoms with E-state index in [1.165, 1.54) is 11.8 Å². The summed E-state index contributed by atoms with van der Waals surface area (Å²) in [6.07, 6.45) is 2.78. The van der Waals surface area contributed by atoms with Crippen molar-refractivity contribution >= 4 is 23.7 Å². The fourth-order valence-electron chi connectivity index (χ4n) is 3.76. The molecule has 0 aromatic carbocycles. The molecule has 1 aliphatic heterocycles. The van der Waals surface area contributed by atoms with E-state index in [-0.39, 0.29) is 6.42 Å². The minimum Gasteiger partial charge on any atom is -0.480 e. The Kier molecular flexibility index (Phi) is 12.9. The Morgan fingerprint density at radius 1 is 0.970 bits per heavy atom. The molecule has 0 aliphatic carbocycles. The summed E-state index contributed by atoms with van der Waals surface area (Å²) >= 11 is 0. The Balaban J connectivity index is 2.98. The van der Waals surface area contributed by atoms with Gasteiger partial charge in [0.05, 0.1) is 6.10 Å². The van der Waals surface area contributed by atoms with Crippen molar-refractivity contribution in [1.29, 1.82) is 0 Å². The molecule has 0 aromatic heterocycles. The van der Waals surface area contributed by atoms with Crippen molar-refractivity contribution in [1.82, 2.24) is 15.5 Å². The smallest absolute Gasteiger partial charge is 0.326 e. The summed E-state index contributed by atoms with van der Waals surface area (Å²) in [5, 5.41) is 24.3. The average molecular weight is 473 g/mol. The highest BCUT2D eigenvalue weighted by atomic mass is 16.4. The van der Waals surface area contributed by atoms with Crippen LogP contribution in [0.1, 0.15) is 58.3 Å². The molecule has 12 heteroatoms. The van der Waals surface area contributed by atoms with Crippen molar-refractivity contribution in [2.24, 2.45) is 17.2 Å². The van der Waals surface area contributed by atoms with E-state index in [1.54, 1.807) is 0 Å². The maximum absolute atomic E-state index is 13.2. The van der Waals surface area contributed by atoms with Gasteiger partial charge >= 0.3 is 5.97 Å². The Morgan fingerprint density at radius 2 is 1.52 bits per heavy atom. The molecule has 1 saturated heterocycles. The van der Waals surface area contributed by atoms with Crippen LogP contribution < -0.4 is 27.8 Å². The first kappa shape index (κ1) is 28.8. The molecule has 0 radical (unpaired) electrons. The van der Waals surface area contributed by atoms with Gasteiger partial charge in [-0.2, -0.15) is 0 Å². The first-order valence-electron chi connectivity index (χ1n) is 11.6. The molecule has 33 heavy (non-hydrogen) atoms. The third kappa shape index (κ3) is 9.24. The minimum absolute atomic E-state index is 0.270. The van der Waals surface area contributed by atoms with Gasteiger partial charge in [0.15, 0.2) is 0 Å². The van der Waals surface area contributed by atoms with E-state index in [4.69, 9.17) is 17.2 Å². The number of hydrogen-bond donors (Lipinski definition) is 7. The maximum Gasteiger partial charge on any atom is 0.326 e. The van der Waals surface area contributed by atoms with Crippen LogP contribution in [0.15, 0.2) is 0 Å². The quantitative estimate of drug-likeness (QED) is 0.131. The number of rotatable bonds is 15. The summed E-state index contributed by atoms with van der Waals surface area (Å²) in [5.41, 5.74) is 16.8. The van der Waals surface area contributed by atoms with Gasteiger partial charge in [-0.3, -0.25) is 14.4 Å². The lowest BCUT2D eigenvalue weighted by Crippen LogP contribution is -2.58. The molecule has 0 spiro atoms. The predicted octanol–water partition coefficient (Wildman–Crippen LogP) is -2.00. The van der Waals surface area contributed by atoms with Crippen LogP contribution in [0.4, 0.5) is 0 Å². The number of carboxylic acids is 1. The van der Waals surface area contributed by atoms with E-state index in [2.05, 4.69) is 10.6 Å². The number of nitrogens with two attached hydrogens (primary N) is 3.